The molecular formula is C24H25ClFN5O2. The third-order valence-corrected chi connectivity index (χ3v) is 6.01. The molecule has 1 saturated heterocycles. The van der Waals surface area contributed by atoms with E-state index in [1.165, 1.54) is 6.07 Å². The Balaban J connectivity index is 1.30. The summed E-state index contributed by atoms with van der Waals surface area (Å²) < 4.78 is 15.9. The fraction of sp³-hybridized carbons (Fsp3) is 0.292. The summed E-state index contributed by atoms with van der Waals surface area (Å²) in [5.41, 5.74) is 1.59. The van der Waals surface area contributed by atoms with Crippen LogP contribution in [0.25, 0.3) is 0 Å². The number of nitrogens with zero attached hydrogens (tertiary/aromatic N) is 4. The number of benzene rings is 2. The van der Waals surface area contributed by atoms with E-state index in [4.69, 9.17) is 11.6 Å². The molecule has 1 aliphatic heterocycles. The highest BCUT2D eigenvalue weighted by molar-refractivity contribution is 6.31. The SMILES string of the molecule is O=C(CCn1ccnc1)Nc1cccc(C(=O)N2CCN(Cc3c(F)cccc3Cl)CC2)c1. The second-order valence-electron chi connectivity index (χ2n) is 7.95. The fourth-order valence-electron chi connectivity index (χ4n) is 3.80. The number of halogens is 2. The van der Waals surface area contributed by atoms with E-state index in [-0.39, 0.29) is 17.6 Å². The van der Waals surface area contributed by atoms with Crippen molar-refractivity contribution < 1.29 is 14.0 Å². The van der Waals surface area contributed by atoms with E-state index in [0.29, 0.717) is 67.5 Å². The van der Waals surface area contributed by atoms with Gasteiger partial charge in [0.15, 0.2) is 0 Å². The van der Waals surface area contributed by atoms with Crippen LogP contribution in [0.3, 0.4) is 0 Å². The van der Waals surface area contributed by atoms with Crippen molar-refractivity contribution in [2.45, 2.75) is 19.5 Å². The van der Waals surface area contributed by atoms with Gasteiger partial charge < -0.3 is 14.8 Å². The van der Waals surface area contributed by atoms with Crippen molar-refractivity contribution in [3.63, 3.8) is 0 Å². The van der Waals surface area contributed by atoms with Gasteiger partial charge in [-0.3, -0.25) is 14.5 Å². The van der Waals surface area contributed by atoms with Gasteiger partial charge in [0.1, 0.15) is 5.82 Å². The molecule has 0 saturated carbocycles. The van der Waals surface area contributed by atoms with Crippen LogP contribution in [0.2, 0.25) is 5.02 Å². The van der Waals surface area contributed by atoms with E-state index in [1.54, 1.807) is 60.0 Å². The Morgan fingerprint density at radius 1 is 1.09 bits per heavy atom. The molecule has 172 valence electrons. The highest BCUT2D eigenvalue weighted by Gasteiger charge is 2.23. The number of amides is 2. The van der Waals surface area contributed by atoms with Crippen LogP contribution in [-0.2, 0) is 17.9 Å². The minimum absolute atomic E-state index is 0.0897. The van der Waals surface area contributed by atoms with Gasteiger partial charge in [-0.25, -0.2) is 9.37 Å². The van der Waals surface area contributed by atoms with Crippen molar-refractivity contribution in [2.75, 3.05) is 31.5 Å². The first-order valence-electron chi connectivity index (χ1n) is 10.8. The standard InChI is InChI=1S/C24H25ClFN5O2/c25-21-5-2-6-22(26)20(21)16-29-11-13-31(14-12-29)24(33)18-3-1-4-19(15-18)28-23(32)7-9-30-10-8-27-17-30/h1-6,8,10,15,17H,7,9,11-14,16H2,(H,28,32). The Bertz CT molecular complexity index is 1090. The Morgan fingerprint density at radius 3 is 2.61 bits per heavy atom. The summed E-state index contributed by atoms with van der Waals surface area (Å²) in [6.45, 7) is 3.27. The van der Waals surface area contributed by atoms with E-state index < -0.39 is 0 Å². The van der Waals surface area contributed by atoms with Gasteiger partial charge >= 0.3 is 0 Å². The molecule has 0 spiro atoms. The first-order chi connectivity index (χ1) is 16.0. The molecule has 0 bridgehead atoms. The lowest BCUT2D eigenvalue weighted by atomic mass is 10.1. The number of piperazine rings is 1. The molecule has 1 aliphatic rings. The maximum atomic E-state index is 14.1. The Kier molecular flexibility index (Phi) is 7.36. The van der Waals surface area contributed by atoms with Gasteiger partial charge in [-0.05, 0) is 30.3 Å². The minimum Gasteiger partial charge on any atom is -0.337 e. The second kappa shape index (κ2) is 10.6. The van der Waals surface area contributed by atoms with Crippen LogP contribution >= 0.6 is 11.6 Å². The Hall–Kier alpha value is -3.23. The molecular weight excluding hydrogens is 445 g/mol. The topological polar surface area (TPSA) is 70.5 Å². The van der Waals surface area contributed by atoms with Gasteiger partial charge in [-0.1, -0.05) is 23.7 Å². The van der Waals surface area contributed by atoms with Crippen molar-refractivity contribution in [3.05, 3.63) is 83.2 Å². The van der Waals surface area contributed by atoms with Gasteiger partial charge in [0.2, 0.25) is 5.91 Å². The van der Waals surface area contributed by atoms with Crippen LogP contribution in [0.15, 0.2) is 61.2 Å². The molecule has 4 rings (SSSR count). The molecule has 3 aromatic rings. The Labute approximate surface area is 196 Å². The summed E-state index contributed by atoms with van der Waals surface area (Å²) in [6, 6.07) is 11.6. The van der Waals surface area contributed by atoms with Crippen LogP contribution in [-0.4, -0.2) is 57.3 Å². The van der Waals surface area contributed by atoms with Crippen LogP contribution in [0.4, 0.5) is 10.1 Å². The number of nitrogens with one attached hydrogen (secondary N) is 1. The predicted octanol–water partition coefficient (Wildman–Crippen LogP) is 3.66. The maximum absolute atomic E-state index is 14.1. The molecule has 2 amide bonds. The molecule has 9 heteroatoms. The average Bonchev–Trinajstić information content (AvgIpc) is 3.34. The van der Waals surface area contributed by atoms with Crippen LogP contribution < -0.4 is 5.32 Å². The third kappa shape index (κ3) is 5.97. The lowest BCUT2D eigenvalue weighted by Gasteiger charge is -2.35. The zero-order valence-corrected chi connectivity index (χ0v) is 18.8. The number of imidazole rings is 1. The summed E-state index contributed by atoms with van der Waals surface area (Å²) in [7, 11) is 0. The molecule has 1 fully saturated rings. The second-order valence-corrected chi connectivity index (χ2v) is 8.36. The van der Waals surface area contributed by atoms with Crippen molar-refractivity contribution in [1.29, 1.82) is 0 Å². The molecule has 0 aliphatic carbocycles. The van der Waals surface area contributed by atoms with Crippen LogP contribution in [0.5, 0.6) is 0 Å². The highest BCUT2D eigenvalue weighted by atomic mass is 35.5. The van der Waals surface area contributed by atoms with E-state index in [9.17, 15) is 14.0 Å². The Morgan fingerprint density at radius 2 is 1.88 bits per heavy atom. The van der Waals surface area contributed by atoms with Gasteiger partial charge in [-0.2, -0.15) is 0 Å². The minimum atomic E-state index is -0.315. The molecule has 2 aromatic carbocycles. The zero-order valence-electron chi connectivity index (χ0n) is 18.1. The summed E-state index contributed by atoms with van der Waals surface area (Å²) in [6.07, 6.45) is 5.44. The third-order valence-electron chi connectivity index (χ3n) is 5.65. The number of carbonyl (C=O) groups excluding carboxylic acids is 2. The van der Waals surface area contributed by atoms with Gasteiger partial charge in [0.05, 0.1) is 6.33 Å². The van der Waals surface area contributed by atoms with Crippen molar-refractivity contribution in [2.24, 2.45) is 0 Å². The van der Waals surface area contributed by atoms with Gasteiger partial charge in [0, 0.05) is 79.9 Å². The summed E-state index contributed by atoms with van der Waals surface area (Å²) in [5, 5.41) is 3.26. The van der Waals surface area contributed by atoms with E-state index in [1.807, 2.05) is 4.57 Å². The van der Waals surface area contributed by atoms with Crippen molar-refractivity contribution >= 4 is 29.1 Å². The van der Waals surface area contributed by atoms with E-state index in [2.05, 4.69) is 15.2 Å². The van der Waals surface area contributed by atoms with Gasteiger partial charge in [0.25, 0.3) is 5.91 Å². The molecule has 1 aromatic heterocycles. The van der Waals surface area contributed by atoms with Crippen molar-refractivity contribution in [3.8, 4) is 0 Å². The molecule has 33 heavy (non-hydrogen) atoms. The summed E-state index contributed by atoms with van der Waals surface area (Å²) in [5.74, 6) is -0.535. The monoisotopic (exact) mass is 469 g/mol. The quantitative estimate of drug-likeness (QED) is 0.573. The molecule has 0 radical (unpaired) electrons. The maximum Gasteiger partial charge on any atom is 0.254 e. The number of hydrogen-bond donors (Lipinski definition) is 1. The lowest BCUT2D eigenvalue weighted by molar-refractivity contribution is -0.116. The summed E-state index contributed by atoms with van der Waals surface area (Å²) >= 11 is 6.14. The number of carbonyl (C=O) groups is 2. The number of hydrogen-bond acceptors (Lipinski definition) is 4. The molecule has 0 atom stereocenters. The lowest BCUT2D eigenvalue weighted by Crippen LogP contribution is -2.48. The highest BCUT2D eigenvalue weighted by Crippen LogP contribution is 2.22. The first kappa shape index (κ1) is 22.9. The number of rotatable bonds is 7. The smallest absolute Gasteiger partial charge is 0.254 e. The molecule has 2 heterocycles. The van der Waals surface area contributed by atoms with Crippen LogP contribution in [0, 0.1) is 5.82 Å². The van der Waals surface area contributed by atoms with Gasteiger partial charge in [-0.15, -0.1) is 0 Å². The predicted molar refractivity (Wildman–Crippen MR) is 125 cm³/mol. The normalized spacial score (nSPS) is 14.3. The molecule has 1 N–H and O–H groups in total. The molecule has 7 nitrogen and oxygen atoms in total. The largest absolute Gasteiger partial charge is 0.337 e. The van der Waals surface area contributed by atoms with E-state index in [0.717, 1.165) is 0 Å². The molecule has 0 unspecified atom stereocenters. The van der Waals surface area contributed by atoms with Crippen molar-refractivity contribution in [1.82, 2.24) is 19.4 Å². The number of aryl methyl sites for hydroxylation is 1. The average molecular weight is 470 g/mol. The number of aromatic nitrogens is 2. The zero-order chi connectivity index (χ0) is 23.2. The fourth-order valence-corrected chi connectivity index (χ4v) is 4.02. The van der Waals surface area contributed by atoms with E-state index >= 15 is 0 Å². The van der Waals surface area contributed by atoms with Crippen LogP contribution in [0.1, 0.15) is 22.3 Å². The number of anilines is 1. The first-order valence-corrected chi connectivity index (χ1v) is 11.2. The summed E-state index contributed by atoms with van der Waals surface area (Å²) in [4.78, 5) is 33.1.